The molecule has 30 heavy (non-hydrogen) atoms. The predicted molar refractivity (Wildman–Crippen MR) is 120 cm³/mol. The van der Waals surface area contributed by atoms with Crippen LogP contribution in [0.1, 0.15) is 62.1 Å². The van der Waals surface area contributed by atoms with Crippen molar-refractivity contribution in [1.82, 2.24) is 0 Å². The van der Waals surface area contributed by atoms with Crippen LogP contribution in [0.25, 0.3) is 5.57 Å². The first-order valence-electron chi connectivity index (χ1n) is 10.9. The molecule has 2 aromatic rings. The van der Waals surface area contributed by atoms with Crippen LogP contribution in [-0.2, 0) is 16.1 Å². The first kappa shape index (κ1) is 20.7. The smallest absolute Gasteiger partial charge is 0.172 e. The highest BCUT2D eigenvalue weighted by Crippen LogP contribution is 2.38. The zero-order chi connectivity index (χ0) is 20.8. The van der Waals surface area contributed by atoms with Crippen molar-refractivity contribution in [3.63, 3.8) is 0 Å². The zero-order valence-electron chi connectivity index (χ0n) is 17.9. The summed E-state index contributed by atoms with van der Waals surface area (Å²) < 4.78 is 17.6. The van der Waals surface area contributed by atoms with E-state index in [2.05, 4.69) is 61.2 Å². The molecule has 1 saturated heterocycles. The van der Waals surface area contributed by atoms with E-state index >= 15 is 0 Å². The second-order valence-corrected chi connectivity index (χ2v) is 7.95. The van der Waals surface area contributed by atoms with E-state index in [1.165, 1.54) is 22.3 Å². The fourth-order valence-electron chi connectivity index (χ4n) is 4.20. The number of hydrogen-bond donors (Lipinski definition) is 0. The lowest BCUT2D eigenvalue weighted by Gasteiger charge is -2.30. The van der Waals surface area contributed by atoms with E-state index in [0.717, 1.165) is 31.4 Å². The van der Waals surface area contributed by atoms with Gasteiger partial charge in [-0.3, -0.25) is 0 Å². The van der Waals surface area contributed by atoms with Gasteiger partial charge in [0.1, 0.15) is 12.4 Å². The van der Waals surface area contributed by atoms with Gasteiger partial charge in [0.15, 0.2) is 5.79 Å². The summed E-state index contributed by atoms with van der Waals surface area (Å²) in [5, 5.41) is 0. The lowest BCUT2D eigenvalue weighted by atomic mass is 9.89. The monoisotopic (exact) mass is 402 g/mol. The van der Waals surface area contributed by atoms with E-state index in [1.807, 2.05) is 19.1 Å². The van der Waals surface area contributed by atoms with Crippen LogP contribution in [0.2, 0.25) is 0 Å². The summed E-state index contributed by atoms with van der Waals surface area (Å²) in [4.78, 5) is 0. The van der Waals surface area contributed by atoms with Gasteiger partial charge in [-0.05, 0) is 54.2 Å². The van der Waals surface area contributed by atoms with Crippen molar-refractivity contribution < 1.29 is 14.2 Å². The van der Waals surface area contributed by atoms with Crippen LogP contribution >= 0.6 is 0 Å². The van der Waals surface area contributed by atoms with Gasteiger partial charge in [-0.25, -0.2) is 0 Å². The average molecular weight is 403 g/mol. The van der Waals surface area contributed by atoms with E-state index in [1.54, 1.807) is 0 Å². The summed E-state index contributed by atoms with van der Waals surface area (Å²) in [6.45, 7) is 6.06. The summed E-state index contributed by atoms with van der Waals surface area (Å²) >= 11 is 0. The summed E-state index contributed by atoms with van der Waals surface area (Å²) in [7, 11) is 0. The molecule has 3 nitrogen and oxygen atoms in total. The minimum atomic E-state index is -0.354. The number of ether oxygens (including phenoxy) is 3. The predicted octanol–water partition coefficient (Wildman–Crippen LogP) is 6.09. The van der Waals surface area contributed by atoms with E-state index < -0.39 is 0 Å². The van der Waals surface area contributed by atoms with Crippen molar-refractivity contribution in [2.75, 3.05) is 13.2 Å². The molecule has 2 aromatic carbocycles. The number of benzene rings is 2. The van der Waals surface area contributed by atoms with Crippen molar-refractivity contribution >= 4 is 5.57 Å². The summed E-state index contributed by atoms with van der Waals surface area (Å²) in [6, 6.07) is 17.0. The molecular formula is C27H30O3. The highest BCUT2D eigenvalue weighted by atomic mass is 16.7. The highest BCUT2D eigenvalue weighted by Gasteiger charge is 2.37. The maximum absolute atomic E-state index is 5.99. The Morgan fingerprint density at radius 2 is 1.77 bits per heavy atom. The summed E-state index contributed by atoms with van der Waals surface area (Å²) in [5.41, 5.74) is 5.07. The Kier molecular flexibility index (Phi) is 6.57. The number of hydrogen-bond acceptors (Lipinski definition) is 3. The fraction of sp³-hybridized carbons (Fsp3) is 0.407. The Morgan fingerprint density at radius 1 is 1.03 bits per heavy atom. The first-order valence-corrected chi connectivity index (χ1v) is 10.9. The molecule has 0 aromatic heterocycles. The Hall–Kier alpha value is -2.54. The molecule has 1 aliphatic heterocycles. The van der Waals surface area contributed by atoms with Gasteiger partial charge in [-0.15, -0.1) is 5.92 Å². The minimum absolute atomic E-state index is 0.298. The van der Waals surface area contributed by atoms with Gasteiger partial charge in [0.05, 0.1) is 13.2 Å². The molecule has 156 valence electrons. The lowest BCUT2D eigenvalue weighted by Crippen LogP contribution is -2.31. The first-order chi connectivity index (χ1) is 14.7. The third-order valence-electron chi connectivity index (χ3n) is 5.99. The third-order valence-corrected chi connectivity index (χ3v) is 5.99. The number of allylic oxidation sites excluding steroid dienone is 1. The van der Waals surface area contributed by atoms with Gasteiger partial charge in [-0.2, -0.15) is 0 Å². The molecule has 1 atom stereocenters. The van der Waals surface area contributed by atoms with E-state index in [9.17, 15) is 0 Å². The third kappa shape index (κ3) is 4.78. The van der Waals surface area contributed by atoms with E-state index in [0.29, 0.717) is 25.7 Å². The minimum Gasteiger partial charge on any atom is -0.489 e. The van der Waals surface area contributed by atoms with Crippen LogP contribution in [0.5, 0.6) is 5.75 Å². The van der Waals surface area contributed by atoms with Crippen LogP contribution in [0, 0.1) is 11.8 Å². The molecule has 0 amide bonds. The highest BCUT2D eigenvalue weighted by molar-refractivity contribution is 5.66. The van der Waals surface area contributed by atoms with Crippen LogP contribution in [0.15, 0.2) is 54.6 Å². The van der Waals surface area contributed by atoms with Gasteiger partial charge in [0, 0.05) is 18.8 Å². The maximum Gasteiger partial charge on any atom is 0.172 e. The Balaban J connectivity index is 1.33. The van der Waals surface area contributed by atoms with Crippen molar-refractivity contribution in [2.45, 2.75) is 57.8 Å². The normalized spacial score (nSPS) is 18.4. The summed E-state index contributed by atoms with van der Waals surface area (Å²) in [5.74, 6) is 7.12. The lowest BCUT2D eigenvalue weighted by molar-refractivity contribution is -0.159. The van der Waals surface area contributed by atoms with Crippen LogP contribution in [0.3, 0.4) is 0 Å². The molecule has 0 N–H and O–H groups in total. The van der Waals surface area contributed by atoms with Crippen molar-refractivity contribution in [3.05, 3.63) is 71.3 Å². The molecule has 2 aliphatic rings. The topological polar surface area (TPSA) is 27.7 Å². The van der Waals surface area contributed by atoms with Crippen molar-refractivity contribution in [1.29, 1.82) is 0 Å². The van der Waals surface area contributed by atoms with Gasteiger partial charge in [0.25, 0.3) is 0 Å². The molecule has 0 radical (unpaired) electrons. The SMILES string of the molecule is CC#CC(CC)c1ccc(OCc2ccc(C3=CCC4(CC3)OCCO4)cc2)cc1. The van der Waals surface area contributed by atoms with E-state index in [4.69, 9.17) is 14.2 Å². The molecule has 1 spiro atoms. The van der Waals surface area contributed by atoms with Crippen LogP contribution in [0.4, 0.5) is 0 Å². The molecule has 4 rings (SSSR count). The summed E-state index contributed by atoms with van der Waals surface area (Å²) in [6.07, 6.45) is 6.05. The van der Waals surface area contributed by atoms with Gasteiger partial charge < -0.3 is 14.2 Å². The fourth-order valence-corrected chi connectivity index (χ4v) is 4.20. The molecule has 1 unspecified atom stereocenters. The van der Waals surface area contributed by atoms with Gasteiger partial charge in [0.2, 0.25) is 0 Å². The molecule has 1 fully saturated rings. The van der Waals surface area contributed by atoms with Crippen molar-refractivity contribution in [3.8, 4) is 17.6 Å². The van der Waals surface area contributed by atoms with Crippen LogP contribution < -0.4 is 4.74 Å². The second kappa shape index (κ2) is 9.51. The molecule has 1 aliphatic carbocycles. The van der Waals surface area contributed by atoms with Crippen molar-refractivity contribution in [2.24, 2.45) is 0 Å². The molecular weight excluding hydrogens is 372 g/mol. The van der Waals surface area contributed by atoms with Crippen LogP contribution in [-0.4, -0.2) is 19.0 Å². The number of rotatable bonds is 6. The standard InChI is InChI=1S/C27H30O3/c1-3-5-22(4-2)23-10-12-26(13-11-23)28-20-21-6-8-24(9-7-21)25-14-16-27(17-15-25)29-18-19-30-27/h6-14,22H,4,15-20H2,1-2H3. The molecule has 0 saturated carbocycles. The Labute approximate surface area is 180 Å². The largest absolute Gasteiger partial charge is 0.489 e. The second-order valence-electron chi connectivity index (χ2n) is 7.95. The van der Waals surface area contributed by atoms with Gasteiger partial charge >= 0.3 is 0 Å². The maximum atomic E-state index is 5.99. The Morgan fingerprint density at radius 3 is 2.37 bits per heavy atom. The van der Waals surface area contributed by atoms with E-state index in [-0.39, 0.29) is 5.79 Å². The molecule has 3 heteroatoms. The quantitative estimate of drug-likeness (QED) is 0.547. The average Bonchev–Trinajstić information content (AvgIpc) is 3.25. The molecule has 0 bridgehead atoms. The van der Waals surface area contributed by atoms with Gasteiger partial charge in [-0.1, -0.05) is 55.3 Å². The zero-order valence-corrected chi connectivity index (χ0v) is 17.9. The molecule has 1 heterocycles. The Bertz CT molecular complexity index is 923.